The second kappa shape index (κ2) is 13.8. The molecule has 0 bridgehead atoms. The quantitative estimate of drug-likeness (QED) is 0.102. The minimum absolute atomic E-state index is 0.108. The summed E-state index contributed by atoms with van der Waals surface area (Å²) in [5.74, 6) is 1.73. The highest BCUT2D eigenvalue weighted by Gasteiger charge is 2.17. The number of amides is 1. The number of hydrogen-bond acceptors (Lipinski definition) is 7. The number of nitrogens with one attached hydrogen (secondary N) is 1. The molecule has 41 heavy (non-hydrogen) atoms. The number of rotatable bonds is 11. The minimum atomic E-state index is -0.271. The molecule has 10 heteroatoms. The Morgan fingerprint density at radius 3 is 2.41 bits per heavy atom. The molecule has 206 valence electrons. The summed E-state index contributed by atoms with van der Waals surface area (Å²) in [7, 11) is 1.58. The van der Waals surface area contributed by atoms with E-state index in [2.05, 4.69) is 36.7 Å². The molecule has 5 aromatic rings. The minimum Gasteiger partial charge on any atom is -0.493 e. The molecule has 1 aromatic heterocycles. The van der Waals surface area contributed by atoms with Crippen molar-refractivity contribution < 1.29 is 14.3 Å². The Labute approximate surface area is 250 Å². The Balaban J connectivity index is 1.22. The lowest BCUT2D eigenvalue weighted by Crippen LogP contribution is -2.20. The topological polar surface area (TPSA) is 90.6 Å². The van der Waals surface area contributed by atoms with Crippen LogP contribution in [0.25, 0.3) is 17.1 Å². The highest BCUT2D eigenvalue weighted by atomic mass is 79.9. The summed E-state index contributed by atoms with van der Waals surface area (Å²) in [4.78, 5) is 12.6. The Kier molecular flexibility index (Phi) is 9.45. The zero-order valence-corrected chi connectivity index (χ0v) is 24.5. The highest BCUT2D eigenvalue weighted by Crippen LogP contribution is 2.29. The number of halogens is 1. The number of ether oxygens (including phenoxy) is 2. The summed E-state index contributed by atoms with van der Waals surface area (Å²) < 4.78 is 14.3. The molecule has 1 N–H and O–H groups in total. The van der Waals surface area contributed by atoms with Crippen LogP contribution < -0.4 is 14.9 Å². The van der Waals surface area contributed by atoms with E-state index in [1.165, 1.54) is 11.8 Å². The van der Waals surface area contributed by atoms with Gasteiger partial charge in [0.05, 0.1) is 19.1 Å². The van der Waals surface area contributed by atoms with Crippen molar-refractivity contribution in [2.45, 2.75) is 11.8 Å². The number of carbonyl (C=O) groups excluding carboxylic acids is 1. The lowest BCUT2D eigenvalue weighted by atomic mass is 10.2. The standard InChI is InChI=1S/C31H26BrN5O3S/c1-39-28-18-23(12-17-27(28)40-20-22-8-4-2-5-9-22)19-33-34-29(38)21-41-31-36-35-30(24-10-6-3-7-11-24)37(31)26-15-13-25(32)14-16-26/h2-19H,20-21H2,1H3,(H,34,38)/b33-19-. The average molecular weight is 629 g/mol. The SMILES string of the molecule is COc1cc(/C=N\NC(=O)CSc2nnc(-c3ccccc3)n2-c2ccc(Br)cc2)ccc1OCc1ccccc1. The van der Waals surface area contributed by atoms with Gasteiger partial charge < -0.3 is 9.47 Å². The van der Waals surface area contributed by atoms with E-state index >= 15 is 0 Å². The summed E-state index contributed by atoms with van der Waals surface area (Å²) in [6, 6.07) is 33.0. The molecule has 1 heterocycles. The zero-order valence-electron chi connectivity index (χ0n) is 22.1. The third-order valence-corrected chi connectivity index (χ3v) is 7.37. The first-order valence-corrected chi connectivity index (χ1v) is 14.4. The fourth-order valence-electron chi connectivity index (χ4n) is 3.92. The van der Waals surface area contributed by atoms with E-state index in [9.17, 15) is 4.79 Å². The molecule has 5 rings (SSSR count). The fraction of sp³-hybridized carbons (Fsp3) is 0.0968. The molecule has 8 nitrogen and oxygen atoms in total. The zero-order chi connectivity index (χ0) is 28.4. The van der Waals surface area contributed by atoms with Gasteiger partial charge in [0, 0.05) is 15.7 Å². The van der Waals surface area contributed by atoms with Crippen LogP contribution in [0.1, 0.15) is 11.1 Å². The first kappa shape index (κ1) is 28.1. The molecule has 0 radical (unpaired) electrons. The number of thioether (sulfide) groups is 1. The first-order chi connectivity index (χ1) is 20.1. The van der Waals surface area contributed by atoms with Gasteiger partial charge in [-0.1, -0.05) is 88.4 Å². The van der Waals surface area contributed by atoms with Gasteiger partial charge in [0.15, 0.2) is 22.5 Å². The van der Waals surface area contributed by atoms with E-state index in [1.54, 1.807) is 19.4 Å². The van der Waals surface area contributed by atoms with Gasteiger partial charge in [-0.2, -0.15) is 5.10 Å². The van der Waals surface area contributed by atoms with E-state index in [4.69, 9.17) is 9.47 Å². The van der Waals surface area contributed by atoms with E-state index in [1.807, 2.05) is 102 Å². The van der Waals surface area contributed by atoms with Gasteiger partial charge in [0.1, 0.15) is 6.61 Å². The molecule has 4 aromatic carbocycles. The van der Waals surface area contributed by atoms with Crippen molar-refractivity contribution in [3.05, 3.63) is 119 Å². The van der Waals surface area contributed by atoms with Crippen LogP contribution in [0.5, 0.6) is 11.5 Å². The summed E-state index contributed by atoms with van der Waals surface area (Å²) in [5.41, 5.74) is 6.21. The molecule has 0 aliphatic heterocycles. The molecule has 0 aliphatic rings. The normalized spacial score (nSPS) is 11.0. The Hall–Kier alpha value is -4.41. The largest absolute Gasteiger partial charge is 0.493 e. The van der Waals surface area contributed by atoms with Gasteiger partial charge >= 0.3 is 0 Å². The van der Waals surface area contributed by atoms with E-state index in [0.29, 0.717) is 29.1 Å². The van der Waals surface area contributed by atoms with Crippen molar-refractivity contribution in [2.75, 3.05) is 12.9 Å². The number of nitrogens with zero attached hydrogens (tertiary/aromatic N) is 4. The summed E-state index contributed by atoms with van der Waals surface area (Å²) in [5, 5.41) is 13.5. The van der Waals surface area contributed by atoms with Crippen LogP contribution in [-0.2, 0) is 11.4 Å². The first-order valence-electron chi connectivity index (χ1n) is 12.7. The van der Waals surface area contributed by atoms with Crippen molar-refractivity contribution >= 4 is 39.8 Å². The third-order valence-electron chi connectivity index (χ3n) is 5.91. The van der Waals surface area contributed by atoms with Crippen LogP contribution in [0.4, 0.5) is 0 Å². The average Bonchev–Trinajstić information content (AvgIpc) is 3.44. The summed E-state index contributed by atoms with van der Waals surface area (Å²) in [6.07, 6.45) is 1.56. The van der Waals surface area contributed by atoms with Crippen LogP contribution in [-0.4, -0.2) is 39.7 Å². The van der Waals surface area contributed by atoms with E-state index in [0.717, 1.165) is 26.9 Å². The smallest absolute Gasteiger partial charge is 0.250 e. The van der Waals surface area contributed by atoms with Crippen molar-refractivity contribution in [1.82, 2.24) is 20.2 Å². The van der Waals surface area contributed by atoms with Crippen LogP contribution in [0, 0.1) is 0 Å². The molecule has 0 saturated heterocycles. The molecule has 0 aliphatic carbocycles. The molecular formula is C31H26BrN5O3S. The predicted octanol–water partition coefficient (Wildman–Crippen LogP) is 6.53. The lowest BCUT2D eigenvalue weighted by molar-refractivity contribution is -0.118. The number of hydrazone groups is 1. The van der Waals surface area contributed by atoms with Crippen LogP contribution in [0.3, 0.4) is 0 Å². The van der Waals surface area contributed by atoms with Gasteiger partial charge in [0.2, 0.25) is 0 Å². The number of benzene rings is 4. The van der Waals surface area contributed by atoms with Gasteiger partial charge in [-0.3, -0.25) is 9.36 Å². The number of hydrogen-bond donors (Lipinski definition) is 1. The number of methoxy groups -OCH3 is 1. The van der Waals surface area contributed by atoms with Crippen molar-refractivity contribution in [3.8, 4) is 28.6 Å². The maximum atomic E-state index is 12.6. The summed E-state index contributed by atoms with van der Waals surface area (Å²) in [6.45, 7) is 0.431. The van der Waals surface area contributed by atoms with Crippen LogP contribution in [0.2, 0.25) is 0 Å². The monoisotopic (exact) mass is 627 g/mol. The maximum absolute atomic E-state index is 12.6. The Morgan fingerprint density at radius 2 is 1.68 bits per heavy atom. The summed E-state index contributed by atoms with van der Waals surface area (Å²) >= 11 is 4.77. The van der Waals surface area contributed by atoms with E-state index in [-0.39, 0.29) is 11.7 Å². The number of aromatic nitrogens is 3. The van der Waals surface area contributed by atoms with Crippen LogP contribution >= 0.6 is 27.7 Å². The fourth-order valence-corrected chi connectivity index (χ4v) is 4.93. The molecular weight excluding hydrogens is 602 g/mol. The predicted molar refractivity (Wildman–Crippen MR) is 165 cm³/mol. The second-order valence-corrected chi connectivity index (χ2v) is 10.6. The molecule has 0 saturated carbocycles. The van der Waals surface area contributed by atoms with Gasteiger partial charge in [-0.25, -0.2) is 5.43 Å². The lowest BCUT2D eigenvalue weighted by Gasteiger charge is -2.11. The van der Waals surface area contributed by atoms with Crippen molar-refractivity contribution in [1.29, 1.82) is 0 Å². The Bertz CT molecular complexity index is 1630. The van der Waals surface area contributed by atoms with Gasteiger partial charge in [-0.05, 0) is 53.6 Å². The third kappa shape index (κ3) is 7.41. The maximum Gasteiger partial charge on any atom is 0.250 e. The second-order valence-electron chi connectivity index (χ2n) is 8.75. The molecule has 0 unspecified atom stereocenters. The van der Waals surface area contributed by atoms with Crippen molar-refractivity contribution in [2.24, 2.45) is 5.10 Å². The van der Waals surface area contributed by atoms with Gasteiger partial charge in [-0.15, -0.1) is 10.2 Å². The van der Waals surface area contributed by atoms with Gasteiger partial charge in [0.25, 0.3) is 5.91 Å². The molecule has 0 spiro atoms. The Morgan fingerprint density at radius 1 is 0.951 bits per heavy atom. The van der Waals surface area contributed by atoms with E-state index < -0.39 is 0 Å². The van der Waals surface area contributed by atoms with Crippen molar-refractivity contribution in [3.63, 3.8) is 0 Å². The molecule has 0 fully saturated rings. The highest BCUT2D eigenvalue weighted by molar-refractivity contribution is 9.10. The number of carbonyl (C=O) groups is 1. The molecule has 0 atom stereocenters. The molecule has 1 amide bonds. The van der Waals surface area contributed by atoms with Crippen LogP contribution in [0.15, 0.2) is 118 Å².